The molecule has 1 N–H and O–H groups in total. The van der Waals surface area contributed by atoms with Crippen LogP contribution in [-0.4, -0.2) is 30.6 Å². The minimum atomic E-state index is -0.281. The lowest BCUT2D eigenvalue weighted by molar-refractivity contribution is 0.102. The Bertz CT molecular complexity index is 1680. The molecule has 1 amide bonds. The monoisotopic (exact) mass is 478 g/mol. The number of fused-ring (bicyclic) bond motifs is 2. The summed E-state index contributed by atoms with van der Waals surface area (Å²) in [5.74, 6) is 1.29. The lowest BCUT2D eigenvalue weighted by Crippen LogP contribution is -2.13. The van der Waals surface area contributed by atoms with Crippen LogP contribution in [0.4, 0.5) is 5.69 Å². The topological polar surface area (TPSA) is 112 Å². The van der Waals surface area contributed by atoms with Gasteiger partial charge < -0.3 is 14.2 Å². The van der Waals surface area contributed by atoms with Gasteiger partial charge in [0.2, 0.25) is 0 Å². The molecule has 0 unspecified atom stereocenters. The third kappa shape index (κ3) is 4.00. The number of hydrogen-bond donors (Lipinski definition) is 1. The van der Waals surface area contributed by atoms with Crippen molar-refractivity contribution in [2.45, 2.75) is 26.3 Å². The van der Waals surface area contributed by atoms with Crippen LogP contribution in [0.1, 0.15) is 41.8 Å². The lowest BCUT2D eigenvalue weighted by atomic mass is 10.1. The summed E-state index contributed by atoms with van der Waals surface area (Å²) in [6.45, 7) is 4.43. The summed E-state index contributed by atoms with van der Waals surface area (Å²) in [6, 6.07) is 14.6. The van der Waals surface area contributed by atoms with Gasteiger partial charge in [-0.1, -0.05) is 13.8 Å². The molecule has 178 valence electrons. The van der Waals surface area contributed by atoms with Gasteiger partial charge in [-0.25, -0.2) is 14.6 Å². The number of anilines is 1. The molecule has 9 nitrogen and oxygen atoms in total. The Morgan fingerprint density at radius 3 is 2.78 bits per heavy atom. The number of carbonyl (C=O) groups excluding carboxylic acids is 1. The molecule has 6 aromatic rings. The number of furan rings is 1. The van der Waals surface area contributed by atoms with Gasteiger partial charge in [0.25, 0.3) is 5.91 Å². The second-order valence-electron chi connectivity index (χ2n) is 8.76. The summed E-state index contributed by atoms with van der Waals surface area (Å²) in [7, 11) is 0. The van der Waals surface area contributed by atoms with Crippen molar-refractivity contribution in [3.63, 3.8) is 0 Å². The van der Waals surface area contributed by atoms with Crippen LogP contribution in [0, 0.1) is 0 Å². The molecule has 0 spiro atoms. The number of rotatable bonds is 6. The van der Waals surface area contributed by atoms with Crippen molar-refractivity contribution in [1.29, 1.82) is 0 Å². The summed E-state index contributed by atoms with van der Waals surface area (Å²) in [6.07, 6.45) is 6.68. The highest BCUT2D eigenvalue weighted by Gasteiger charge is 2.19. The van der Waals surface area contributed by atoms with Crippen LogP contribution >= 0.6 is 0 Å². The van der Waals surface area contributed by atoms with E-state index < -0.39 is 0 Å². The Balaban J connectivity index is 1.41. The molecule has 6 rings (SSSR count). The molecule has 0 aliphatic rings. The zero-order valence-electron chi connectivity index (χ0n) is 19.7. The third-order valence-corrected chi connectivity index (χ3v) is 5.85. The molecule has 0 fully saturated rings. The average molecular weight is 479 g/mol. The van der Waals surface area contributed by atoms with Crippen molar-refractivity contribution in [3.05, 3.63) is 90.6 Å². The van der Waals surface area contributed by atoms with E-state index in [-0.39, 0.29) is 11.8 Å². The summed E-state index contributed by atoms with van der Waals surface area (Å²) in [5.41, 5.74) is 4.44. The van der Waals surface area contributed by atoms with Crippen LogP contribution in [0.15, 0.2) is 82.2 Å². The van der Waals surface area contributed by atoms with Crippen LogP contribution in [0.3, 0.4) is 0 Å². The minimum absolute atomic E-state index is 0.171. The SMILES string of the molecule is CC(C)c1nc2cc(NC(=O)c3cc(-c4cccnc4)nc4c3cnn4Cc3ccco3)ccc2o1. The number of nitrogens with one attached hydrogen (secondary N) is 1. The number of nitrogens with zero attached hydrogens (tertiary/aromatic N) is 5. The Hall–Kier alpha value is -4.79. The number of carbonyl (C=O) groups is 1. The molecule has 0 saturated carbocycles. The van der Waals surface area contributed by atoms with Crippen molar-refractivity contribution in [3.8, 4) is 11.3 Å². The number of oxazole rings is 1. The summed E-state index contributed by atoms with van der Waals surface area (Å²) in [5, 5.41) is 8.12. The molecule has 0 atom stereocenters. The first-order valence-electron chi connectivity index (χ1n) is 11.6. The fraction of sp³-hybridized carbons (Fsp3) is 0.148. The van der Waals surface area contributed by atoms with Gasteiger partial charge in [-0.3, -0.25) is 9.78 Å². The predicted molar refractivity (Wildman–Crippen MR) is 135 cm³/mol. The van der Waals surface area contributed by atoms with Crippen LogP contribution < -0.4 is 5.32 Å². The maximum Gasteiger partial charge on any atom is 0.256 e. The summed E-state index contributed by atoms with van der Waals surface area (Å²) >= 11 is 0. The molecule has 5 heterocycles. The number of benzene rings is 1. The number of aromatic nitrogens is 5. The lowest BCUT2D eigenvalue weighted by Gasteiger charge is -2.09. The maximum atomic E-state index is 13.5. The van der Waals surface area contributed by atoms with E-state index in [9.17, 15) is 4.79 Å². The van der Waals surface area contributed by atoms with E-state index in [1.807, 2.05) is 50.2 Å². The Labute approximate surface area is 205 Å². The fourth-order valence-electron chi connectivity index (χ4n) is 4.03. The van der Waals surface area contributed by atoms with Crippen molar-refractivity contribution in [2.24, 2.45) is 0 Å². The standard InChI is InChI=1S/C27H22N6O3/c1-16(2)27-32-23-11-18(7-8-24(23)36-27)30-26(34)20-12-22(17-5-3-9-28-13-17)31-25-21(20)14-29-33(25)15-19-6-4-10-35-19/h3-14,16H,15H2,1-2H3,(H,30,34). The van der Waals surface area contributed by atoms with Crippen molar-refractivity contribution in [2.75, 3.05) is 5.32 Å². The smallest absolute Gasteiger partial charge is 0.256 e. The highest BCUT2D eigenvalue weighted by Crippen LogP contribution is 2.27. The van der Waals surface area contributed by atoms with E-state index in [0.717, 1.165) is 11.3 Å². The number of hydrogen-bond acceptors (Lipinski definition) is 7. The van der Waals surface area contributed by atoms with Crippen molar-refractivity contribution < 1.29 is 13.6 Å². The molecule has 5 aromatic heterocycles. The van der Waals surface area contributed by atoms with Crippen LogP contribution in [0.25, 0.3) is 33.4 Å². The van der Waals surface area contributed by atoms with E-state index >= 15 is 0 Å². The minimum Gasteiger partial charge on any atom is -0.467 e. The Kier molecular flexibility index (Phi) is 5.29. The highest BCUT2D eigenvalue weighted by molar-refractivity contribution is 6.13. The predicted octanol–water partition coefficient (Wildman–Crippen LogP) is 5.65. The van der Waals surface area contributed by atoms with E-state index in [1.165, 1.54) is 0 Å². The molecular weight excluding hydrogens is 456 g/mol. The molecule has 1 aromatic carbocycles. The van der Waals surface area contributed by atoms with Gasteiger partial charge >= 0.3 is 0 Å². The summed E-state index contributed by atoms with van der Waals surface area (Å²) in [4.78, 5) is 27.1. The first-order valence-corrected chi connectivity index (χ1v) is 11.6. The summed E-state index contributed by atoms with van der Waals surface area (Å²) < 4.78 is 13.0. The second kappa shape index (κ2) is 8.77. The molecule has 9 heteroatoms. The highest BCUT2D eigenvalue weighted by atomic mass is 16.3. The molecule has 0 bridgehead atoms. The molecular formula is C27H22N6O3. The van der Waals surface area contributed by atoms with Gasteiger partial charge in [-0.2, -0.15) is 5.10 Å². The van der Waals surface area contributed by atoms with Gasteiger partial charge in [0.1, 0.15) is 17.8 Å². The first-order chi connectivity index (χ1) is 17.5. The van der Waals surface area contributed by atoms with E-state index in [2.05, 4.69) is 20.4 Å². The van der Waals surface area contributed by atoms with E-state index in [0.29, 0.717) is 51.5 Å². The van der Waals surface area contributed by atoms with E-state index in [4.69, 9.17) is 13.8 Å². The quantitative estimate of drug-likeness (QED) is 0.329. The third-order valence-electron chi connectivity index (χ3n) is 5.85. The van der Waals surface area contributed by atoms with Crippen molar-refractivity contribution in [1.82, 2.24) is 24.7 Å². The number of amides is 1. The number of pyridine rings is 2. The molecule has 0 radical (unpaired) electrons. The normalized spacial score (nSPS) is 11.5. The molecule has 36 heavy (non-hydrogen) atoms. The Morgan fingerprint density at radius 1 is 1.08 bits per heavy atom. The Morgan fingerprint density at radius 2 is 2.00 bits per heavy atom. The van der Waals surface area contributed by atoms with Crippen molar-refractivity contribution >= 4 is 33.7 Å². The molecule has 0 saturated heterocycles. The van der Waals surface area contributed by atoms with Crippen LogP contribution in [0.2, 0.25) is 0 Å². The van der Waals surface area contributed by atoms with Gasteiger partial charge in [-0.15, -0.1) is 0 Å². The van der Waals surface area contributed by atoms with Gasteiger partial charge in [0, 0.05) is 29.6 Å². The maximum absolute atomic E-state index is 13.5. The zero-order chi connectivity index (χ0) is 24.6. The molecule has 0 aliphatic heterocycles. The largest absolute Gasteiger partial charge is 0.467 e. The van der Waals surface area contributed by atoms with E-state index in [1.54, 1.807) is 41.7 Å². The van der Waals surface area contributed by atoms with Crippen LogP contribution in [-0.2, 0) is 6.54 Å². The van der Waals surface area contributed by atoms with Gasteiger partial charge in [0.15, 0.2) is 17.1 Å². The second-order valence-corrected chi connectivity index (χ2v) is 8.76. The van der Waals surface area contributed by atoms with Crippen LogP contribution in [0.5, 0.6) is 0 Å². The van der Waals surface area contributed by atoms with Gasteiger partial charge in [-0.05, 0) is 48.5 Å². The average Bonchev–Trinajstić information content (AvgIpc) is 3.64. The fourth-order valence-corrected chi connectivity index (χ4v) is 4.03. The zero-order valence-corrected chi connectivity index (χ0v) is 19.7. The van der Waals surface area contributed by atoms with Gasteiger partial charge in [0.05, 0.1) is 29.1 Å². The first kappa shape index (κ1) is 21.7. The molecule has 0 aliphatic carbocycles.